The van der Waals surface area contributed by atoms with Gasteiger partial charge in [-0.1, -0.05) is 22.0 Å². The van der Waals surface area contributed by atoms with Crippen molar-refractivity contribution < 1.29 is 8.78 Å². The molecule has 6 heteroatoms. The predicted octanol–water partition coefficient (Wildman–Crippen LogP) is 4.24. The lowest BCUT2D eigenvalue weighted by Gasteiger charge is -2.17. The molecule has 0 amide bonds. The molecule has 0 saturated heterocycles. The van der Waals surface area contributed by atoms with Gasteiger partial charge in [0.2, 0.25) is 0 Å². The minimum Gasteiger partial charge on any atom is -0.271 e. The number of nitrogens with one attached hydrogen (secondary N) is 1. The average molecular weight is 406 g/mol. The van der Waals surface area contributed by atoms with Crippen LogP contribution in [0.3, 0.4) is 0 Å². The van der Waals surface area contributed by atoms with Gasteiger partial charge in [0.25, 0.3) is 0 Å². The van der Waals surface area contributed by atoms with Crippen molar-refractivity contribution in [3.8, 4) is 0 Å². The highest BCUT2D eigenvalue weighted by atomic mass is 79.9. The van der Waals surface area contributed by atoms with E-state index in [9.17, 15) is 8.78 Å². The van der Waals surface area contributed by atoms with Crippen molar-refractivity contribution in [2.45, 2.75) is 12.5 Å². The van der Waals surface area contributed by atoms with E-state index in [0.717, 1.165) is 10.0 Å². The Labute approximate surface area is 132 Å². The fraction of sp³-hybridized carbons (Fsp3) is 0.143. The van der Waals surface area contributed by atoms with E-state index in [2.05, 4.69) is 37.3 Å². The van der Waals surface area contributed by atoms with Crippen LogP contribution >= 0.6 is 31.9 Å². The summed E-state index contributed by atoms with van der Waals surface area (Å²) in [6.07, 6.45) is 0.361. The topological polar surface area (TPSA) is 38.0 Å². The molecule has 2 rings (SSSR count). The molecular weight excluding hydrogens is 394 g/mol. The van der Waals surface area contributed by atoms with E-state index in [1.54, 1.807) is 24.3 Å². The van der Waals surface area contributed by atoms with Crippen LogP contribution in [0.4, 0.5) is 8.78 Å². The molecule has 20 heavy (non-hydrogen) atoms. The molecule has 2 aromatic rings. The van der Waals surface area contributed by atoms with Crippen LogP contribution in [0.5, 0.6) is 0 Å². The maximum atomic E-state index is 13.8. The normalized spacial score (nSPS) is 12.4. The third-order valence-corrected chi connectivity index (χ3v) is 4.08. The Balaban J connectivity index is 2.28. The van der Waals surface area contributed by atoms with Crippen molar-refractivity contribution in [3.05, 3.63) is 68.1 Å². The highest BCUT2D eigenvalue weighted by molar-refractivity contribution is 9.10. The number of hydrazine groups is 1. The van der Waals surface area contributed by atoms with E-state index in [1.807, 2.05) is 0 Å². The fourth-order valence-corrected chi connectivity index (χ4v) is 2.73. The maximum absolute atomic E-state index is 13.8. The lowest BCUT2D eigenvalue weighted by atomic mass is 9.99. The van der Waals surface area contributed by atoms with Gasteiger partial charge in [0.1, 0.15) is 11.6 Å². The van der Waals surface area contributed by atoms with Crippen molar-refractivity contribution in [1.82, 2.24) is 5.43 Å². The highest BCUT2D eigenvalue weighted by Gasteiger charge is 2.15. The summed E-state index contributed by atoms with van der Waals surface area (Å²) in [5.74, 6) is 4.89. The number of nitrogens with two attached hydrogens (primary N) is 1. The summed E-state index contributed by atoms with van der Waals surface area (Å²) in [7, 11) is 0. The maximum Gasteiger partial charge on any atom is 0.137 e. The van der Waals surface area contributed by atoms with Gasteiger partial charge in [0.05, 0.1) is 10.5 Å². The molecule has 0 aliphatic rings. The van der Waals surface area contributed by atoms with Gasteiger partial charge in [-0.05, 0) is 63.8 Å². The van der Waals surface area contributed by atoms with E-state index in [4.69, 9.17) is 5.84 Å². The Morgan fingerprint density at radius 2 is 1.75 bits per heavy atom. The summed E-state index contributed by atoms with van der Waals surface area (Å²) < 4.78 is 28.2. The van der Waals surface area contributed by atoms with Gasteiger partial charge in [-0.15, -0.1) is 0 Å². The Kier molecular flexibility index (Phi) is 5.26. The standard InChI is InChI=1S/C14H12Br2F2N2/c15-10-2-4-12(17)9(5-10)7-14(20-19)8-1-3-13(18)11(16)6-8/h1-6,14,20H,7,19H2. The number of rotatable bonds is 4. The predicted molar refractivity (Wildman–Crippen MR) is 82.0 cm³/mol. The molecule has 0 heterocycles. The number of hydrogen-bond donors (Lipinski definition) is 2. The van der Waals surface area contributed by atoms with Crippen LogP contribution in [-0.2, 0) is 6.42 Å². The lowest BCUT2D eigenvalue weighted by Crippen LogP contribution is -2.29. The van der Waals surface area contributed by atoms with Gasteiger partial charge >= 0.3 is 0 Å². The number of benzene rings is 2. The molecule has 1 unspecified atom stereocenters. The van der Waals surface area contributed by atoms with Crippen LogP contribution in [0.25, 0.3) is 0 Å². The number of hydrogen-bond acceptors (Lipinski definition) is 2. The smallest absolute Gasteiger partial charge is 0.137 e. The van der Waals surface area contributed by atoms with E-state index in [1.165, 1.54) is 12.1 Å². The zero-order valence-corrected chi connectivity index (χ0v) is 13.5. The van der Waals surface area contributed by atoms with E-state index >= 15 is 0 Å². The monoisotopic (exact) mass is 404 g/mol. The lowest BCUT2D eigenvalue weighted by molar-refractivity contribution is 0.527. The number of halogens is 4. The second-order valence-corrected chi connectivity index (χ2v) is 6.10. The molecular formula is C14H12Br2F2N2. The first-order valence-corrected chi connectivity index (χ1v) is 7.45. The van der Waals surface area contributed by atoms with E-state index < -0.39 is 0 Å². The Bertz CT molecular complexity index is 620. The van der Waals surface area contributed by atoms with Crippen LogP contribution in [-0.4, -0.2) is 0 Å². The summed E-state index contributed by atoms with van der Waals surface area (Å²) in [6.45, 7) is 0. The summed E-state index contributed by atoms with van der Waals surface area (Å²) in [6, 6.07) is 9.04. The second kappa shape index (κ2) is 6.76. The zero-order chi connectivity index (χ0) is 14.7. The molecule has 0 aromatic heterocycles. The second-order valence-electron chi connectivity index (χ2n) is 4.33. The van der Waals surface area contributed by atoms with Gasteiger partial charge in [-0.25, -0.2) is 8.78 Å². The molecule has 0 bridgehead atoms. The van der Waals surface area contributed by atoms with Gasteiger partial charge in [0.15, 0.2) is 0 Å². The first-order valence-electron chi connectivity index (χ1n) is 5.86. The molecule has 106 valence electrons. The Morgan fingerprint density at radius 3 is 2.40 bits per heavy atom. The first kappa shape index (κ1) is 15.6. The summed E-state index contributed by atoms with van der Waals surface area (Å²) in [5, 5.41) is 0. The van der Waals surface area contributed by atoms with Crippen molar-refractivity contribution in [3.63, 3.8) is 0 Å². The Morgan fingerprint density at radius 1 is 1.05 bits per heavy atom. The van der Waals surface area contributed by atoms with Gasteiger partial charge in [-0.2, -0.15) is 0 Å². The van der Waals surface area contributed by atoms with Crippen LogP contribution < -0.4 is 11.3 Å². The SMILES string of the molecule is NNC(Cc1cc(Br)ccc1F)c1ccc(F)c(Br)c1. The Hall–Kier alpha value is -0.820. The minimum atomic E-state index is -0.349. The van der Waals surface area contributed by atoms with E-state index in [-0.39, 0.29) is 17.7 Å². The highest BCUT2D eigenvalue weighted by Crippen LogP contribution is 2.25. The average Bonchev–Trinajstić information content (AvgIpc) is 2.43. The summed E-state index contributed by atoms with van der Waals surface area (Å²) in [5.41, 5.74) is 3.94. The molecule has 0 aliphatic carbocycles. The van der Waals surface area contributed by atoms with Gasteiger partial charge in [0, 0.05) is 4.47 Å². The molecule has 0 saturated carbocycles. The van der Waals surface area contributed by atoms with Crippen molar-refractivity contribution >= 4 is 31.9 Å². The van der Waals surface area contributed by atoms with Crippen LogP contribution in [0.15, 0.2) is 45.3 Å². The molecule has 1 atom stereocenters. The molecule has 0 fully saturated rings. The van der Waals surface area contributed by atoms with E-state index in [0.29, 0.717) is 16.5 Å². The van der Waals surface area contributed by atoms with Crippen molar-refractivity contribution in [2.24, 2.45) is 5.84 Å². The van der Waals surface area contributed by atoms with Crippen molar-refractivity contribution in [1.29, 1.82) is 0 Å². The van der Waals surface area contributed by atoms with Gasteiger partial charge < -0.3 is 0 Å². The third kappa shape index (κ3) is 3.63. The quantitative estimate of drug-likeness (QED) is 0.589. The molecule has 0 spiro atoms. The first-order chi connectivity index (χ1) is 9.51. The molecule has 3 N–H and O–H groups in total. The zero-order valence-electron chi connectivity index (χ0n) is 10.3. The molecule has 2 nitrogen and oxygen atoms in total. The van der Waals surface area contributed by atoms with Crippen LogP contribution in [0, 0.1) is 11.6 Å². The minimum absolute atomic E-state index is 0.297. The van der Waals surface area contributed by atoms with Gasteiger partial charge in [-0.3, -0.25) is 11.3 Å². The fourth-order valence-electron chi connectivity index (χ4n) is 1.92. The molecule has 2 aromatic carbocycles. The van der Waals surface area contributed by atoms with Crippen molar-refractivity contribution in [2.75, 3.05) is 0 Å². The third-order valence-electron chi connectivity index (χ3n) is 2.98. The summed E-state index contributed by atoms with van der Waals surface area (Å²) in [4.78, 5) is 0. The molecule has 0 aliphatic heterocycles. The van der Waals surface area contributed by atoms with Crippen LogP contribution in [0.2, 0.25) is 0 Å². The van der Waals surface area contributed by atoms with Crippen LogP contribution in [0.1, 0.15) is 17.2 Å². The molecule has 0 radical (unpaired) electrons. The summed E-state index contributed by atoms with van der Waals surface area (Å²) >= 11 is 6.44. The largest absolute Gasteiger partial charge is 0.271 e.